The summed E-state index contributed by atoms with van der Waals surface area (Å²) in [5.74, 6) is -0.724. The van der Waals surface area contributed by atoms with Crippen LogP contribution in [0.4, 0.5) is 30.2 Å². The Labute approximate surface area is 197 Å². The minimum atomic E-state index is -4.46. The maximum Gasteiger partial charge on any atom is 0.416 e. The second-order valence-electron chi connectivity index (χ2n) is 7.57. The van der Waals surface area contributed by atoms with E-state index >= 15 is 0 Å². The SMILES string of the molecule is Cc1cc2c(cc1S(=O)(=O)Nc1ccc(-c3ccc(C(F)(F)F)cc3)c(Cl)c1)NC(=O)C(O)N2. The number of carbonyl (C=O) groups excluding carboxylic acids is 1. The monoisotopic (exact) mass is 511 g/mol. The van der Waals surface area contributed by atoms with E-state index in [4.69, 9.17) is 11.6 Å². The van der Waals surface area contributed by atoms with Crippen LogP contribution in [0.15, 0.2) is 59.5 Å². The van der Waals surface area contributed by atoms with Gasteiger partial charge in [-0.1, -0.05) is 29.8 Å². The number of aryl methyl sites for hydroxylation is 1. The third-order valence-electron chi connectivity index (χ3n) is 5.15. The number of amides is 1. The second-order valence-corrected chi connectivity index (χ2v) is 9.63. The molecule has 1 amide bonds. The molecule has 0 aliphatic carbocycles. The third-order valence-corrected chi connectivity index (χ3v) is 6.98. The molecule has 1 heterocycles. The van der Waals surface area contributed by atoms with Crippen LogP contribution in [-0.2, 0) is 21.0 Å². The number of halogens is 4. The summed E-state index contributed by atoms with van der Waals surface area (Å²) in [7, 11) is -4.10. The van der Waals surface area contributed by atoms with Crippen molar-refractivity contribution in [2.75, 3.05) is 15.4 Å². The summed E-state index contributed by atoms with van der Waals surface area (Å²) >= 11 is 6.29. The summed E-state index contributed by atoms with van der Waals surface area (Å²) in [4.78, 5) is 11.6. The summed E-state index contributed by atoms with van der Waals surface area (Å²) < 4.78 is 66.8. The molecule has 7 nitrogen and oxygen atoms in total. The Morgan fingerprint density at radius 1 is 1.03 bits per heavy atom. The number of fused-ring (bicyclic) bond motifs is 1. The van der Waals surface area contributed by atoms with Crippen LogP contribution in [0.3, 0.4) is 0 Å². The number of rotatable bonds is 4. The molecule has 0 saturated carbocycles. The number of aliphatic hydroxyl groups is 1. The van der Waals surface area contributed by atoms with Crippen molar-refractivity contribution in [3.63, 3.8) is 0 Å². The summed E-state index contributed by atoms with van der Waals surface area (Å²) in [5, 5.41) is 14.7. The largest absolute Gasteiger partial charge is 0.416 e. The molecule has 0 fully saturated rings. The minimum absolute atomic E-state index is 0.104. The number of hydrogen-bond donors (Lipinski definition) is 4. The lowest BCUT2D eigenvalue weighted by atomic mass is 10.0. The van der Waals surface area contributed by atoms with Crippen LogP contribution >= 0.6 is 11.6 Å². The van der Waals surface area contributed by atoms with E-state index in [2.05, 4.69) is 15.4 Å². The molecule has 4 N–H and O–H groups in total. The van der Waals surface area contributed by atoms with Gasteiger partial charge in [-0.15, -0.1) is 0 Å². The van der Waals surface area contributed by atoms with Crippen molar-refractivity contribution >= 4 is 44.6 Å². The minimum Gasteiger partial charge on any atom is -0.366 e. The fourth-order valence-corrected chi connectivity index (χ4v) is 5.07. The van der Waals surface area contributed by atoms with Gasteiger partial charge in [0.2, 0.25) is 6.23 Å². The maximum absolute atomic E-state index is 13.0. The van der Waals surface area contributed by atoms with E-state index in [1.54, 1.807) is 6.92 Å². The number of benzene rings is 3. The zero-order chi connectivity index (χ0) is 24.8. The zero-order valence-corrected chi connectivity index (χ0v) is 18.9. The normalized spacial score (nSPS) is 15.8. The molecule has 0 radical (unpaired) electrons. The zero-order valence-electron chi connectivity index (χ0n) is 17.4. The highest BCUT2D eigenvalue weighted by Crippen LogP contribution is 2.36. The van der Waals surface area contributed by atoms with Gasteiger partial charge in [0, 0.05) is 5.56 Å². The highest BCUT2D eigenvalue weighted by Gasteiger charge is 2.30. The first-order valence-electron chi connectivity index (χ1n) is 9.75. The molecule has 3 aromatic carbocycles. The van der Waals surface area contributed by atoms with Gasteiger partial charge in [-0.05, 0) is 54.4 Å². The number of anilines is 3. The van der Waals surface area contributed by atoms with Crippen LogP contribution in [0, 0.1) is 6.92 Å². The Morgan fingerprint density at radius 3 is 2.32 bits per heavy atom. The third kappa shape index (κ3) is 4.67. The van der Waals surface area contributed by atoms with Gasteiger partial charge < -0.3 is 15.7 Å². The van der Waals surface area contributed by atoms with Gasteiger partial charge in [0.05, 0.1) is 32.5 Å². The highest BCUT2D eigenvalue weighted by molar-refractivity contribution is 7.92. The van der Waals surface area contributed by atoms with Crippen molar-refractivity contribution in [1.29, 1.82) is 0 Å². The number of aliphatic hydroxyl groups excluding tert-OH is 1. The Bertz CT molecular complexity index is 1390. The summed E-state index contributed by atoms with van der Waals surface area (Å²) in [6, 6.07) is 11.5. The second kappa shape index (κ2) is 8.49. The number of hydrogen-bond acceptors (Lipinski definition) is 5. The van der Waals surface area contributed by atoms with Crippen LogP contribution in [0.1, 0.15) is 11.1 Å². The van der Waals surface area contributed by atoms with E-state index in [0.29, 0.717) is 22.4 Å². The Hall–Kier alpha value is -3.28. The average Bonchev–Trinajstić information content (AvgIpc) is 2.74. The lowest BCUT2D eigenvalue weighted by molar-refractivity contribution is -0.137. The molecule has 1 atom stereocenters. The predicted octanol–water partition coefficient (Wildman–Crippen LogP) is 4.82. The Balaban J connectivity index is 1.60. The molecule has 1 unspecified atom stereocenters. The van der Waals surface area contributed by atoms with E-state index in [9.17, 15) is 31.5 Å². The fourth-order valence-electron chi connectivity index (χ4n) is 3.48. The molecule has 178 valence electrons. The first-order valence-corrected chi connectivity index (χ1v) is 11.6. The summed E-state index contributed by atoms with van der Waals surface area (Å²) in [6.07, 6.45) is -5.91. The predicted molar refractivity (Wildman–Crippen MR) is 122 cm³/mol. The molecule has 0 spiro atoms. The highest BCUT2D eigenvalue weighted by atomic mass is 35.5. The van der Waals surface area contributed by atoms with Gasteiger partial charge in [0.25, 0.3) is 15.9 Å². The smallest absolute Gasteiger partial charge is 0.366 e. The molecule has 1 aliphatic heterocycles. The van der Waals surface area contributed by atoms with Crippen LogP contribution in [0.2, 0.25) is 5.02 Å². The number of nitrogens with one attached hydrogen (secondary N) is 3. The standard InChI is InChI=1S/C22H17ClF3N3O4S/c1-11-8-17-18(28-21(31)20(30)27-17)10-19(11)34(32,33)29-14-6-7-15(16(23)9-14)12-2-4-13(5-3-12)22(24,25)26/h2-10,20,27,29-30H,1H3,(H,28,31). The van der Waals surface area contributed by atoms with Gasteiger partial charge in [-0.3, -0.25) is 9.52 Å². The molecular weight excluding hydrogens is 495 g/mol. The van der Waals surface area contributed by atoms with E-state index < -0.39 is 33.9 Å². The fraction of sp³-hybridized carbons (Fsp3) is 0.136. The molecule has 0 saturated heterocycles. The maximum atomic E-state index is 13.0. The molecule has 34 heavy (non-hydrogen) atoms. The summed E-state index contributed by atoms with van der Waals surface area (Å²) in [5.41, 5.74) is 1.12. The van der Waals surface area contributed by atoms with Crippen LogP contribution < -0.4 is 15.4 Å². The quantitative estimate of drug-likeness (QED) is 0.402. The van der Waals surface area contributed by atoms with E-state index in [1.165, 1.54) is 42.5 Å². The van der Waals surface area contributed by atoms with E-state index in [0.717, 1.165) is 12.1 Å². The number of carbonyl (C=O) groups is 1. The van der Waals surface area contributed by atoms with Crippen molar-refractivity contribution in [1.82, 2.24) is 0 Å². The number of sulfonamides is 1. The first kappa shape index (κ1) is 23.9. The van der Waals surface area contributed by atoms with Gasteiger partial charge in [0.1, 0.15) is 0 Å². The molecular formula is C22H17ClF3N3O4S. The van der Waals surface area contributed by atoms with Gasteiger partial charge in [-0.2, -0.15) is 13.2 Å². The van der Waals surface area contributed by atoms with Crippen molar-refractivity contribution in [3.8, 4) is 11.1 Å². The Kier molecular flexibility index (Phi) is 5.96. The van der Waals surface area contributed by atoms with Crippen LogP contribution in [0.25, 0.3) is 11.1 Å². The van der Waals surface area contributed by atoms with Gasteiger partial charge in [0.15, 0.2) is 0 Å². The number of alkyl halides is 3. The lowest BCUT2D eigenvalue weighted by Gasteiger charge is -2.24. The van der Waals surface area contributed by atoms with Crippen LogP contribution in [-0.4, -0.2) is 25.7 Å². The van der Waals surface area contributed by atoms with E-state index in [-0.39, 0.29) is 21.3 Å². The molecule has 3 aromatic rings. The van der Waals surface area contributed by atoms with Crippen molar-refractivity contribution in [3.05, 3.63) is 70.7 Å². The summed E-state index contributed by atoms with van der Waals surface area (Å²) in [6.45, 7) is 1.56. The first-order chi connectivity index (χ1) is 15.8. The van der Waals surface area contributed by atoms with Crippen molar-refractivity contribution in [2.24, 2.45) is 0 Å². The Morgan fingerprint density at radius 2 is 1.71 bits per heavy atom. The van der Waals surface area contributed by atoms with Crippen LogP contribution in [0.5, 0.6) is 0 Å². The topological polar surface area (TPSA) is 108 Å². The lowest BCUT2D eigenvalue weighted by Crippen LogP contribution is -2.38. The molecule has 0 bridgehead atoms. The molecule has 1 aliphatic rings. The van der Waals surface area contributed by atoms with Gasteiger partial charge in [-0.25, -0.2) is 8.42 Å². The van der Waals surface area contributed by atoms with Gasteiger partial charge >= 0.3 is 6.18 Å². The average molecular weight is 512 g/mol. The van der Waals surface area contributed by atoms with E-state index in [1.807, 2.05) is 0 Å². The van der Waals surface area contributed by atoms with Crippen molar-refractivity contribution in [2.45, 2.75) is 24.2 Å². The molecule has 0 aromatic heterocycles. The molecule has 12 heteroatoms. The van der Waals surface area contributed by atoms with Crippen molar-refractivity contribution < 1.29 is 31.5 Å². The molecule has 4 rings (SSSR count).